The van der Waals surface area contributed by atoms with Crippen molar-refractivity contribution in [2.24, 2.45) is 0 Å². The third kappa shape index (κ3) is 2.93. The van der Waals surface area contributed by atoms with E-state index in [4.69, 9.17) is 4.98 Å². The van der Waals surface area contributed by atoms with Crippen molar-refractivity contribution in [1.82, 2.24) is 35.1 Å². The van der Waals surface area contributed by atoms with Crippen LogP contribution in [0.4, 0.5) is 4.39 Å². The Morgan fingerprint density at radius 3 is 2.58 bits per heavy atom. The summed E-state index contributed by atoms with van der Waals surface area (Å²) in [6.07, 6.45) is 8.70. The molecule has 148 valence electrons. The number of aromatic amines is 2. The molecule has 5 aromatic heterocycles. The number of nitrogens with zero attached hydrogens (tertiary/aromatic N) is 5. The maximum atomic E-state index is 13.4. The SMILES string of the molecule is Fc1ccc(-c2cncc3[nH]c(-c4n[nH]c5cnc(-c6cccnc6)cc45)nc23)cc1. The van der Waals surface area contributed by atoms with Gasteiger partial charge < -0.3 is 4.98 Å². The van der Waals surface area contributed by atoms with Crippen molar-refractivity contribution in [3.63, 3.8) is 0 Å². The molecule has 0 aliphatic carbocycles. The van der Waals surface area contributed by atoms with E-state index in [0.717, 1.165) is 44.3 Å². The number of hydrogen-bond donors (Lipinski definition) is 2. The third-order valence-corrected chi connectivity index (χ3v) is 5.18. The number of fused-ring (bicyclic) bond motifs is 2. The predicted molar refractivity (Wildman–Crippen MR) is 115 cm³/mol. The molecule has 0 aliphatic heterocycles. The molecule has 31 heavy (non-hydrogen) atoms. The van der Waals surface area contributed by atoms with Gasteiger partial charge in [-0.1, -0.05) is 12.1 Å². The fraction of sp³-hybridized carbons (Fsp3) is 0. The highest BCUT2D eigenvalue weighted by atomic mass is 19.1. The van der Waals surface area contributed by atoms with Gasteiger partial charge in [0, 0.05) is 35.1 Å². The van der Waals surface area contributed by atoms with Crippen LogP contribution in [0.2, 0.25) is 0 Å². The average molecular weight is 407 g/mol. The quantitative estimate of drug-likeness (QED) is 0.441. The van der Waals surface area contributed by atoms with E-state index in [1.165, 1.54) is 12.1 Å². The number of H-pyrrole nitrogens is 2. The van der Waals surface area contributed by atoms with Gasteiger partial charge in [-0.2, -0.15) is 5.10 Å². The summed E-state index contributed by atoms with van der Waals surface area (Å²) in [4.78, 5) is 21.1. The van der Waals surface area contributed by atoms with Gasteiger partial charge in [0.25, 0.3) is 0 Å². The summed E-state index contributed by atoms with van der Waals surface area (Å²) in [6, 6.07) is 12.1. The highest BCUT2D eigenvalue weighted by Crippen LogP contribution is 2.31. The zero-order chi connectivity index (χ0) is 20.8. The molecular formula is C23H14FN7. The van der Waals surface area contributed by atoms with Gasteiger partial charge in [0.2, 0.25) is 0 Å². The molecule has 0 fully saturated rings. The van der Waals surface area contributed by atoms with Gasteiger partial charge in [-0.05, 0) is 35.9 Å². The van der Waals surface area contributed by atoms with Crippen molar-refractivity contribution < 1.29 is 4.39 Å². The minimum Gasteiger partial charge on any atom is -0.335 e. The number of nitrogens with one attached hydrogen (secondary N) is 2. The van der Waals surface area contributed by atoms with Crippen molar-refractivity contribution in [3.05, 3.63) is 79.3 Å². The minimum absolute atomic E-state index is 0.285. The van der Waals surface area contributed by atoms with Crippen LogP contribution in [0.3, 0.4) is 0 Å². The first-order chi connectivity index (χ1) is 15.3. The van der Waals surface area contributed by atoms with Gasteiger partial charge in [-0.25, -0.2) is 9.37 Å². The average Bonchev–Trinajstić information content (AvgIpc) is 3.43. The molecule has 0 bridgehead atoms. The van der Waals surface area contributed by atoms with E-state index in [0.29, 0.717) is 11.5 Å². The number of halogens is 1. The first-order valence-corrected chi connectivity index (χ1v) is 9.61. The lowest BCUT2D eigenvalue weighted by Gasteiger charge is -2.01. The van der Waals surface area contributed by atoms with Crippen molar-refractivity contribution in [2.45, 2.75) is 0 Å². The Hall–Kier alpha value is -4.46. The zero-order valence-electron chi connectivity index (χ0n) is 16.0. The van der Waals surface area contributed by atoms with Gasteiger partial charge in [-0.15, -0.1) is 0 Å². The van der Waals surface area contributed by atoms with E-state index >= 15 is 0 Å². The molecule has 1 aromatic carbocycles. The normalized spacial score (nSPS) is 11.4. The Bertz CT molecular complexity index is 1540. The summed E-state index contributed by atoms with van der Waals surface area (Å²) in [5.41, 5.74) is 6.38. The first-order valence-electron chi connectivity index (χ1n) is 9.61. The Morgan fingerprint density at radius 1 is 0.839 bits per heavy atom. The van der Waals surface area contributed by atoms with Gasteiger partial charge in [-0.3, -0.25) is 20.1 Å². The largest absolute Gasteiger partial charge is 0.335 e. The van der Waals surface area contributed by atoms with Crippen molar-refractivity contribution >= 4 is 21.9 Å². The lowest BCUT2D eigenvalue weighted by Crippen LogP contribution is -1.86. The van der Waals surface area contributed by atoms with E-state index in [1.54, 1.807) is 43.1 Å². The molecule has 0 amide bonds. The van der Waals surface area contributed by atoms with Crippen LogP contribution >= 0.6 is 0 Å². The zero-order valence-corrected chi connectivity index (χ0v) is 16.0. The molecule has 0 aliphatic rings. The van der Waals surface area contributed by atoms with Crippen molar-refractivity contribution in [2.75, 3.05) is 0 Å². The molecule has 6 rings (SSSR count). The summed E-state index contributed by atoms with van der Waals surface area (Å²) in [7, 11) is 0. The monoisotopic (exact) mass is 407 g/mol. The number of rotatable bonds is 3. The molecule has 0 radical (unpaired) electrons. The maximum Gasteiger partial charge on any atom is 0.159 e. The fourth-order valence-electron chi connectivity index (χ4n) is 3.66. The van der Waals surface area contributed by atoms with E-state index in [9.17, 15) is 4.39 Å². The second-order valence-corrected chi connectivity index (χ2v) is 7.10. The fourth-order valence-corrected chi connectivity index (χ4v) is 3.66. The molecule has 5 heterocycles. The highest BCUT2D eigenvalue weighted by molar-refractivity contribution is 5.97. The van der Waals surface area contributed by atoms with Gasteiger partial charge >= 0.3 is 0 Å². The molecule has 8 heteroatoms. The Kier molecular flexibility index (Phi) is 3.82. The van der Waals surface area contributed by atoms with Gasteiger partial charge in [0.1, 0.15) is 11.5 Å². The smallest absolute Gasteiger partial charge is 0.159 e. The summed E-state index contributed by atoms with van der Waals surface area (Å²) < 4.78 is 13.4. The third-order valence-electron chi connectivity index (χ3n) is 5.18. The summed E-state index contributed by atoms with van der Waals surface area (Å²) >= 11 is 0. The summed E-state index contributed by atoms with van der Waals surface area (Å²) in [6.45, 7) is 0. The Labute approximate surface area is 175 Å². The van der Waals surface area contributed by atoms with Crippen LogP contribution in [0, 0.1) is 5.82 Å². The predicted octanol–water partition coefficient (Wildman–Crippen LogP) is 4.76. The Morgan fingerprint density at radius 2 is 1.74 bits per heavy atom. The number of pyridine rings is 3. The molecule has 0 atom stereocenters. The summed E-state index contributed by atoms with van der Waals surface area (Å²) in [5, 5.41) is 8.37. The molecule has 0 saturated carbocycles. The molecule has 0 spiro atoms. The molecule has 2 N–H and O–H groups in total. The molecule has 7 nitrogen and oxygen atoms in total. The molecular weight excluding hydrogens is 393 g/mol. The van der Waals surface area contributed by atoms with E-state index < -0.39 is 0 Å². The van der Waals surface area contributed by atoms with Gasteiger partial charge in [0.05, 0.1) is 34.6 Å². The van der Waals surface area contributed by atoms with E-state index in [-0.39, 0.29) is 5.82 Å². The number of hydrogen-bond acceptors (Lipinski definition) is 5. The van der Waals surface area contributed by atoms with Crippen LogP contribution in [-0.4, -0.2) is 35.1 Å². The van der Waals surface area contributed by atoms with Crippen LogP contribution in [0.25, 0.3) is 55.8 Å². The topological polar surface area (TPSA) is 96.0 Å². The first kappa shape index (κ1) is 17.4. The van der Waals surface area contributed by atoms with Crippen molar-refractivity contribution in [3.8, 4) is 33.9 Å². The molecule has 0 saturated heterocycles. The Balaban J connectivity index is 1.51. The number of aromatic nitrogens is 7. The molecule has 0 unspecified atom stereocenters. The lowest BCUT2D eigenvalue weighted by molar-refractivity contribution is 0.628. The highest BCUT2D eigenvalue weighted by Gasteiger charge is 2.16. The number of imidazole rings is 1. The summed E-state index contributed by atoms with van der Waals surface area (Å²) in [5.74, 6) is 0.327. The standard InChI is InChI=1S/C23H14FN7/c24-15-5-3-13(4-6-15)17-10-26-11-20-21(17)29-23(28-20)22-16-8-18(14-2-1-7-25-9-14)27-12-19(16)30-31-22/h1-12H,(H,28,29)(H,30,31). The van der Waals surface area contributed by atoms with Crippen LogP contribution in [0.5, 0.6) is 0 Å². The lowest BCUT2D eigenvalue weighted by atomic mass is 10.1. The van der Waals surface area contributed by atoms with Crippen LogP contribution in [-0.2, 0) is 0 Å². The second-order valence-electron chi connectivity index (χ2n) is 7.10. The van der Waals surface area contributed by atoms with Gasteiger partial charge in [0.15, 0.2) is 5.82 Å². The van der Waals surface area contributed by atoms with Crippen LogP contribution in [0.1, 0.15) is 0 Å². The van der Waals surface area contributed by atoms with Crippen LogP contribution < -0.4 is 0 Å². The molecule has 6 aromatic rings. The van der Waals surface area contributed by atoms with Crippen molar-refractivity contribution in [1.29, 1.82) is 0 Å². The van der Waals surface area contributed by atoms with Crippen LogP contribution in [0.15, 0.2) is 73.4 Å². The number of benzene rings is 1. The minimum atomic E-state index is -0.285. The second kappa shape index (κ2) is 6.81. The maximum absolute atomic E-state index is 13.4. The van der Waals surface area contributed by atoms with E-state index in [1.807, 2.05) is 18.2 Å². The van der Waals surface area contributed by atoms with E-state index in [2.05, 4.69) is 30.1 Å².